The molecule has 116 valence electrons. The summed E-state index contributed by atoms with van der Waals surface area (Å²) in [5.74, 6) is -0.150. The van der Waals surface area contributed by atoms with Crippen molar-refractivity contribution in [1.29, 1.82) is 0 Å². The highest BCUT2D eigenvalue weighted by molar-refractivity contribution is 6.31. The second-order valence-corrected chi connectivity index (χ2v) is 6.06. The maximum Gasteiger partial charge on any atom is 0.216 e. The zero-order chi connectivity index (χ0) is 15.7. The van der Waals surface area contributed by atoms with Crippen molar-refractivity contribution in [2.24, 2.45) is 0 Å². The summed E-state index contributed by atoms with van der Waals surface area (Å²) in [5.41, 5.74) is 0.969. The van der Waals surface area contributed by atoms with Gasteiger partial charge in [-0.25, -0.2) is 4.39 Å². The summed E-state index contributed by atoms with van der Waals surface area (Å²) in [6, 6.07) is 6.79. The molecule has 1 aliphatic carbocycles. The third kappa shape index (κ3) is 3.50. The molecule has 2 aromatic rings. The molecule has 0 unspecified atom stereocenters. The second-order valence-electron chi connectivity index (χ2n) is 5.62. The number of carbonyl (C=O) groups excluding carboxylic acids is 1. The molecule has 1 N–H and O–H groups in total. The van der Waals surface area contributed by atoms with Gasteiger partial charge in [-0.2, -0.15) is 0 Å². The lowest BCUT2D eigenvalue weighted by atomic mass is 10.0. The molecular weight excluding hydrogens is 305 g/mol. The van der Waals surface area contributed by atoms with E-state index in [4.69, 9.17) is 16.3 Å². The highest BCUT2D eigenvalue weighted by Crippen LogP contribution is 2.33. The van der Waals surface area contributed by atoms with E-state index in [0.29, 0.717) is 18.0 Å². The Hall–Kier alpha value is -1.81. The zero-order valence-corrected chi connectivity index (χ0v) is 13.0. The highest BCUT2D eigenvalue weighted by Gasteiger charge is 2.25. The van der Waals surface area contributed by atoms with E-state index in [0.717, 1.165) is 29.2 Å². The van der Waals surface area contributed by atoms with Crippen molar-refractivity contribution in [3.63, 3.8) is 0 Å². The van der Waals surface area contributed by atoms with E-state index in [9.17, 15) is 9.18 Å². The zero-order valence-electron chi connectivity index (χ0n) is 12.3. The van der Waals surface area contributed by atoms with E-state index in [1.54, 1.807) is 12.1 Å². The van der Waals surface area contributed by atoms with E-state index < -0.39 is 0 Å². The first kappa shape index (κ1) is 15.1. The Bertz CT molecular complexity index is 728. The molecule has 0 heterocycles. The second kappa shape index (κ2) is 6.13. The minimum absolute atomic E-state index is 0.0740. The van der Waals surface area contributed by atoms with Gasteiger partial charge in [0.05, 0.1) is 6.10 Å². The molecule has 0 spiro atoms. The largest absolute Gasteiger partial charge is 0.487 e. The quantitative estimate of drug-likeness (QED) is 0.908. The van der Waals surface area contributed by atoms with Crippen molar-refractivity contribution in [1.82, 2.24) is 5.32 Å². The van der Waals surface area contributed by atoms with Gasteiger partial charge in [0.1, 0.15) is 0 Å². The first-order valence-corrected chi connectivity index (χ1v) is 7.73. The molecule has 1 amide bonds. The van der Waals surface area contributed by atoms with Crippen LogP contribution in [0, 0.1) is 5.82 Å². The van der Waals surface area contributed by atoms with Crippen molar-refractivity contribution in [2.45, 2.75) is 32.3 Å². The predicted molar refractivity (Wildman–Crippen MR) is 85.0 cm³/mol. The van der Waals surface area contributed by atoms with Gasteiger partial charge in [0.2, 0.25) is 5.91 Å². The molecule has 5 heteroatoms. The number of hydrogen-bond acceptors (Lipinski definition) is 2. The van der Waals surface area contributed by atoms with Crippen LogP contribution in [0.25, 0.3) is 10.8 Å². The van der Waals surface area contributed by atoms with Crippen LogP contribution in [0.1, 0.15) is 25.3 Å². The molecule has 3 rings (SSSR count). The Morgan fingerprint density at radius 3 is 2.82 bits per heavy atom. The molecule has 1 fully saturated rings. The molecule has 0 atom stereocenters. The summed E-state index contributed by atoms with van der Waals surface area (Å²) in [4.78, 5) is 11.0. The van der Waals surface area contributed by atoms with Crippen molar-refractivity contribution in [3.05, 3.63) is 40.7 Å². The summed E-state index contributed by atoms with van der Waals surface area (Å²) >= 11 is 6.11. The number of ether oxygens (including phenoxy) is 1. The summed E-state index contributed by atoms with van der Waals surface area (Å²) in [7, 11) is 0. The fourth-order valence-electron chi connectivity index (χ4n) is 2.44. The standard InChI is InChI=1S/C17H17ClFNO2/c1-10(21)20-5-4-11-6-13(18)7-12-8-16(19)17(9-15(11)12)22-14-2-3-14/h6-9,14H,2-5H2,1H3,(H,20,21). The maximum absolute atomic E-state index is 14.1. The Kier molecular flexibility index (Phi) is 4.21. The molecule has 0 saturated heterocycles. The molecule has 2 aromatic carbocycles. The van der Waals surface area contributed by atoms with E-state index in [1.807, 2.05) is 6.07 Å². The van der Waals surface area contributed by atoms with Crippen LogP contribution < -0.4 is 10.1 Å². The highest BCUT2D eigenvalue weighted by atomic mass is 35.5. The molecule has 1 aliphatic rings. The number of benzene rings is 2. The van der Waals surface area contributed by atoms with Crippen LogP contribution in [-0.2, 0) is 11.2 Å². The Balaban J connectivity index is 1.95. The van der Waals surface area contributed by atoms with E-state index in [-0.39, 0.29) is 23.6 Å². The molecule has 22 heavy (non-hydrogen) atoms. The van der Waals surface area contributed by atoms with Gasteiger partial charge in [0, 0.05) is 18.5 Å². The lowest BCUT2D eigenvalue weighted by molar-refractivity contribution is -0.118. The van der Waals surface area contributed by atoms with Gasteiger partial charge < -0.3 is 10.1 Å². The summed E-state index contributed by atoms with van der Waals surface area (Å²) in [6.45, 7) is 1.99. The van der Waals surface area contributed by atoms with Gasteiger partial charge in [-0.3, -0.25) is 4.79 Å². The summed E-state index contributed by atoms with van der Waals surface area (Å²) < 4.78 is 19.7. The van der Waals surface area contributed by atoms with Crippen LogP contribution >= 0.6 is 11.6 Å². The molecule has 0 bridgehead atoms. The maximum atomic E-state index is 14.1. The lowest BCUT2D eigenvalue weighted by Gasteiger charge is -2.12. The van der Waals surface area contributed by atoms with Crippen molar-refractivity contribution in [3.8, 4) is 5.75 Å². The minimum Gasteiger partial charge on any atom is -0.487 e. The van der Waals surface area contributed by atoms with Crippen molar-refractivity contribution < 1.29 is 13.9 Å². The van der Waals surface area contributed by atoms with E-state index >= 15 is 0 Å². The number of nitrogens with one attached hydrogen (secondary N) is 1. The van der Waals surface area contributed by atoms with Crippen LogP contribution in [0.3, 0.4) is 0 Å². The summed E-state index contributed by atoms with van der Waals surface area (Å²) in [5, 5.41) is 4.97. The van der Waals surface area contributed by atoms with Gasteiger partial charge in [0.25, 0.3) is 0 Å². The molecular formula is C17H17ClFNO2. The van der Waals surface area contributed by atoms with Gasteiger partial charge in [-0.15, -0.1) is 0 Å². The molecule has 3 nitrogen and oxygen atoms in total. The molecule has 1 saturated carbocycles. The molecule has 0 aliphatic heterocycles. The predicted octanol–water partition coefficient (Wildman–Crippen LogP) is 3.85. The first-order valence-electron chi connectivity index (χ1n) is 7.35. The third-order valence-electron chi connectivity index (χ3n) is 3.64. The van der Waals surface area contributed by atoms with Crippen LogP contribution in [-0.4, -0.2) is 18.6 Å². The monoisotopic (exact) mass is 321 g/mol. The van der Waals surface area contributed by atoms with Gasteiger partial charge >= 0.3 is 0 Å². The topological polar surface area (TPSA) is 38.3 Å². The smallest absolute Gasteiger partial charge is 0.216 e. The number of fused-ring (bicyclic) bond motifs is 1. The van der Waals surface area contributed by atoms with Crippen LogP contribution in [0.2, 0.25) is 5.02 Å². The summed E-state index contributed by atoms with van der Waals surface area (Å²) in [6.07, 6.45) is 2.73. The van der Waals surface area contributed by atoms with Gasteiger partial charge in [0.15, 0.2) is 11.6 Å². The number of hydrogen-bond donors (Lipinski definition) is 1. The average Bonchev–Trinajstić information content (AvgIpc) is 3.23. The molecule has 0 radical (unpaired) electrons. The number of carbonyl (C=O) groups is 1. The first-order chi connectivity index (χ1) is 10.5. The minimum atomic E-state index is -0.366. The van der Waals surface area contributed by atoms with Gasteiger partial charge in [-0.1, -0.05) is 11.6 Å². The van der Waals surface area contributed by atoms with Crippen molar-refractivity contribution >= 4 is 28.3 Å². The fraction of sp³-hybridized carbons (Fsp3) is 0.353. The van der Waals surface area contributed by atoms with E-state index in [2.05, 4.69) is 5.32 Å². The van der Waals surface area contributed by atoms with Gasteiger partial charge in [-0.05, 0) is 59.9 Å². The van der Waals surface area contributed by atoms with Crippen molar-refractivity contribution in [2.75, 3.05) is 6.54 Å². The van der Waals surface area contributed by atoms with E-state index in [1.165, 1.54) is 13.0 Å². The number of rotatable bonds is 5. The number of halogens is 2. The normalized spacial score (nSPS) is 14.1. The van der Waals surface area contributed by atoms with Crippen LogP contribution in [0.5, 0.6) is 5.75 Å². The number of amides is 1. The fourth-order valence-corrected chi connectivity index (χ4v) is 2.69. The Morgan fingerprint density at radius 1 is 1.36 bits per heavy atom. The third-order valence-corrected chi connectivity index (χ3v) is 3.86. The Labute approximate surface area is 133 Å². The molecule has 0 aromatic heterocycles. The average molecular weight is 322 g/mol. The Morgan fingerprint density at radius 2 is 2.14 bits per heavy atom. The SMILES string of the molecule is CC(=O)NCCc1cc(Cl)cc2cc(F)c(OC3CC3)cc12. The lowest BCUT2D eigenvalue weighted by Crippen LogP contribution is -2.22. The van der Waals surface area contributed by atoms with Crippen LogP contribution in [0.15, 0.2) is 24.3 Å². The van der Waals surface area contributed by atoms with Crippen LogP contribution in [0.4, 0.5) is 4.39 Å².